The molecule has 3 rings (SSSR count). The maximum Gasteiger partial charge on any atom is 0.411 e. The molecule has 0 aromatic heterocycles. The van der Waals surface area contributed by atoms with Crippen molar-refractivity contribution < 1.29 is 23.3 Å². The number of nitrogens with zero attached hydrogens (tertiary/aromatic N) is 3. The highest BCUT2D eigenvalue weighted by atomic mass is 32.2. The summed E-state index contributed by atoms with van der Waals surface area (Å²) in [5, 5.41) is 14.6. The second kappa shape index (κ2) is 12.1. The number of nitrogens with one attached hydrogen (secondary N) is 2. The van der Waals surface area contributed by atoms with E-state index in [4.69, 9.17) is 13.8 Å². The number of anilines is 1. The Morgan fingerprint density at radius 1 is 1.00 bits per heavy atom. The fourth-order valence-corrected chi connectivity index (χ4v) is 6.81. The molecule has 10 nitrogen and oxygen atoms in total. The van der Waals surface area contributed by atoms with Crippen molar-refractivity contribution in [3.05, 3.63) is 23.8 Å². The minimum absolute atomic E-state index is 0.0116. The lowest BCUT2D eigenvalue weighted by Crippen LogP contribution is -2.40. The zero-order valence-corrected chi connectivity index (χ0v) is 24.8. The Hall–Kier alpha value is -2.60. The Morgan fingerprint density at radius 2 is 1.61 bits per heavy atom. The Labute approximate surface area is 231 Å². The number of carbonyl (C=O) groups is 2. The molecule has 1 aromatic carbocycles. The number of amides is 2. The van der Waals surface area contributed by atoms with E-state index >= 15 is 0 Å². The average molecular weight is 566 g/mol. The Kier molecular flexibility index (Phi) is 9.51. The third kappa shape index (κ3) is 7.28. The van der Waals surface area contributed by atoms with Gasteiger partial charge in [0.2, 0.25) is 0 Å². The van der Waals surface area contributed by atoms with Crippen LogP contribution in [0.15, 0.2) is 37.7 Å². The molecule has 1 aliphatic carbocycles. The van der Waals surface area contributed by atoms with Gasteiger partial charge in [0.15, 0.2) is 5.84 Å². The zero-order valence-electron chi connectivity index (χ0n) is 23.1. The molecular weight excluding hydrogens is 526 g/mol. The van der Waals surface area contributed by atoms with E-state index in [-0.39, 0.29) is 24.2 Å². The van der Waals surface area contributed by atoms with E-state index in [2.05, 4.69) is 33.5 Å². The number of amidine groups is 1. The lowest BCUT2D eigenvalue weighted by atomic mass is 9.85. The number of ether oxygens (including phenoxy) is 2. The molecular formula is C26H39N5O5S2. The lowest BCUT2D eigenvalue weighted by molar-refractivity contribution is 0.109. The largest absolute Gasteiger partial charge is 0.447 e. The number of fused-ring (bicyclic) bond motifs is 1. The summed E-state index contributed by atoms with van der Waals surface area (Å²) in [5.74, 6) is 0.328. The van der Waals surface area contributed by atoms with Gasteiger partial charge in [-0.15, -0.1) is 22.8 Å². The van der Waals surface area contributed by atoms with Gasteiger partial charge in [0.05, 0.1) is 31.6 Å². The van der Waals surface area contributed by atoms with Crippen molar-refractivity contribution in [3.63, 3.8) is 0 Å². The fraction of sp³-hybridized carbons (Fsp3) is 0.615. The summed E-state index contributed by atoms with van der Waals surface area (Å²) >= 11 is 4.57. The third-order valence-corrected chi connectivity index (χ3v) is 9.53. The zero-order chi connectivity index (χ0) is 28.3. The molecule has 1 heterocycles. The Balaban J connectivity index is 1.94. The summed E-state index contributed by atoms with van der Waals surface area (Å²) in [6.45, 7) is 12.7. The second-order valence-electron chi connectivity index (χ2n) is 11.0. The van der Waals surface area contributed by atoms with Crippen molar-refractivity contribution in [1.29, 1.82) is 0 Å². The standard InChI is InChI=1S/C26H39N5O5S2/c1-15(2)35-24(32)27-18-10-8-17(9-11-18)22-29-30-23(37)20-13-12-19(28-25(33)36-16(3)4)14-21(20)38(34,31-22)26(5,6)7/h12-18H,8-11H2,1-7H3,(H,27,32)(H,28,33)(H,30,37)/t17-,18-,38?. The first-order valence-corrected chi connectivity index (χ1v) is 14.9. The minimum Gasteiger partial charge on any atom is -0.447 e. The molecule has 1 saturated carbocycles. The molecule has 1 fully saturated rings. The summed E-state index contributed by atoms with van der Waals surface area (Å²) in [5.41, 5.74) is 0.973. The summed E-state index contributed by atoms with van der Waals surface area (Å²) < 4.78 is 29.2. The highest BCUT2D eigenvalue weighted by molar-refractivity contribution is 7.98. The smallest absolute Gasteiger partial charge is 0.411 e. The molecule has 38 heavy (non-hydrogen) atoms. The normalized spacial score (nSPS) is 26.5. The molecule has 2 aliphatic rings. The number of rotatable bonds is 5. The van der Waals surface area contributed by atoms with Crippen molar-refractivity contribution in [2.24, 2.45) is 20.5 Å². The van der Waals surface area contributed by atoms with E-state index in [0.717, 1.165) is 0 Å². The van der Waals surface area contributed by atoms with Gasteiger partial charge in [-0.25, -0.2) is 13.8 Å². The summed E-state index contributed by atoms with van der Waals surface area (Å²) in [6.07, 6.45) is 1.32. The van der Waals surface area contributed by atoms with Crippen LogP contribution in [0.5, 0.6) is 0 Å². The average Bonchev–Trinajstić information content (AvgIpc) is 2.79. The highest BCUT2D eigenvalue weighted by Crippen LogP contribution is 2.36. The van der Waals surface area contributed by atoms with E-state index in [9.17, 15) is 13.8 Å². The molecule has 1 atom stereocenters. The molecule has 0 spiro atoms. The Bertz CT molecular complexity index is 1230. The van der Waals surface area contributed by atoms with E-state index < -0.39 is 26.7 Å². The molecule has 2 amide bonds. The lowest BCUT2D eigenvalue weighted by Gasteiger charge is -2.31. The molecule has 1 unspecified atom stereocenters. The van der Waals surface area contributed by atoms with Crippen LogP contribution in [-0.4, -0.2) is 50.3 Å². The highest BCUT2D eigenvalue weighted by Gasteiger charge is 2.36. The van der Waals surface area contributed by atoms with Gasteiger partial charge < -0.3 is 14.8 Å². The van der Waals surface area contributed by atoms with Gasteiger partial charge in [-0.05, 0) is 92.3 Å². The predicted molar refractivity (Wildman–Crippen MR) is 154 cm³/mol. The third-order valence-electron chi connectivity index (χ3n) is 6.17. The van der Waals surface area contributed by atoms with Gasteiger partial charge in [0, 0.05) is 23.2 Å². The Morgan fingerprint density at radius 3 is 2.18 bits per heavy atom. The van der Waals surface area contributed by atoms with Gasteiger partial charge in [0.25, 0.3) is 0 Å². The summed E-state index contributed by atoms with van der Waals surface area (Å²) in [4.78, 5) is 24.7. The van der Waals surface area contributed by atoms with Crippen LogP contribution in [0, 0.1) is 5.92 Å². The minimum atomic E-state index is -3.10. The predicted octanol–water partition coefficient (Wildman–Crippen LogP) is 5.97. The second-order valence-corrected chi connectivity index (χ2v) is 14.4. The van der Waals surface area contributed by atoms with Crippen LogP contribution in [0.1, 0.15) is 79.7 Å². The van der Waals surface area contributed by atoms with Crippen LogP contribution in [0.4, 0.5) is 15.3 Å². The maximum absolute atomic E-state index is 14.8. The topological polar surface area (TPSA) is 131 Å². The summed E-state index contributed by atoms with van der Waals surface area (Å²) in [7, 11) is -3.10. The molecule has 1 aliphatic heterocycles. The van der Waals surface area contributed by atoms with Crippen molar-refractivity contribution in [2.75, 3.05) is 5.32 Å². The number of benzene rings is 1. The van der Waals surface area contributed by atoms with Crippen molar-refractivity contribution >= 4 is 51.1 Å². The van der Waals surface area contributed by atoms with Crippen molar-refractivity contribution in [3.8, 4) is 0 Å². The molecule has 0 radical (unpaired) electrons. The van der Waals surface area contributed by atoms with E-state index in [1.165, 1.54) is 0 Å². The molecule has 0 bridgehead atoms. The van der Waals surface area contributed by atoms with E-state index in [1.807, 2.05) is 34.6 Å². The molecule has 210 valence electrons. The van der Waals surface area contributed by atoms with Crippen molar-refractivity contribution in [2.45, 2.75) is 102 Å². The van der Waals surface area contributed by atoms with Crippen LogP contribution >= 0.6 is 12.6 Å². The van der Waals surface area contributed by atoms with E-state index in [0.29, 0.717) is 52.7 Å². The maximum atomic E-state index is 14.8. The summed E-state index contributed by atoms with van der Waals surface area (Å²) in [6, 6.07) is 5.03. The SMILES string of the molecule is CC(C)OC(=O)Nc1ccc2c(c1)S(=O)(C(C)(C)C)=N/C([C@H]1CC[C@H](NC(=O)OC(C)C)CC1)=N\N=C\2S. The first kappa shape index (κ1) is 29.9. The van der Waals surface area contributed by atoms with Crippen LogP contribution in [0.3, 0.4) is 0 Å². The number of alkyl carbamates (subject to hydrolysis) is 1. The van der Waals surface area contributed by atoms with Gasteiger partial charge in [-0.1, -0.05) is 0 Å². The first-order chi connectivity index (χ1) is 17.7. The number of carbonyl (C=O) groups excluding carboxylic acids is 2. The monoisotopic (exact) mass is 565 g/mol. The number of thiol groups is 1. The molecule has 0 saturated heterocycles. The van der Waals surface area contributed by atoms with Crippen LogP contribution < -0.4 is 10.6 Å². The first-order valence-electron chi connectivity index (χ1n) is 12.9. The van der Waals surface area contributed by atoms with Crippen LogP contribution in [0.2, 0.25) is 0 Å². The van der Waals surface area contributed by atoms with Crippen molar-refractivity contribution in [1.82, 2.24) is 5.32 Å². The fourth-order valence-electron chi connectivity index (χ4n) is 4.26. The quantitative estimate of drug-likeness (QED) is 0.379. The van der Waals surface area contributed by atoms with Crippen LogP contribution in [0.25, 0.3) is 0 Å². The molecule has 12 heteroatoms. The van der Waals surface area contributed by atoms with Crippen LogP contribution in [-0.2, 0) is 19.2 Å². The van der Waals surface area contributed by atoms with Gasteiger partial charge in [0.1, 0.15) is 5.04 Å². The van der Waals surface area contributed by atoms with E-state index in [1.54, 1.807) is 32.0 Å². The number of hydrogen-bond donors (Lipinski definition) is 3. The van der Waals surface area contributed by atoms with Gasteiger partial charge >= 0.3 is 12.2 Å². The van der Waals surface area contributed by atoms with Gasteiger partial charge in [-0.3, -0.25) is 5.32 Å². The molecule has 2 N–H and O–H groups in total. The van der Waals surface area contributed by atoms with Gasteiger partial charge in [-0.2, -0.15) is 4.36 Å². The number of hydrogen-bond acceptors (Lipinski definition) is 8. The molecule has 1 aromatic rings.